The smallest absolute Gasteiger partial charge is 0.273 e. The molecule has 2 aromatic heterocycles. The first-order valence-electron chi connectivity index (χ1n) is 6.62. The van der Waals surface area contributed by atoms with Crippen LogP contribution in [-0.4, -0.2) is 15.0 Å². The third-order valence-corrected chi connectivity index (χ3v) is 3.53. The molecule has 0 saturated carbocycles. The third kappa shape index (κ3) is 2.03. The van der Waals surface area contributed by atoms with E-state index in [1.54, 1.807) is 12.5 Å². The van der Waals surface area contributed by atoms with Crippen LogP contribution in [0.3, 0.4) is 0 Å². The topological polar surface area (TPSA) is 61.5 Å². The molecule has 4 nitrogen and oxygen atoms in total. The Kier molecular flexibility index (Phi) is 2.74. The summed E-state index contributed by atoms with van der Waals surface area (Å²) < 4.78 is 0. The van der Waals surface area contributed by atoms with E-state index in [-0.39, 0.29) is 11.0 Å². The van der Waals surface area contributed by atoms with Crippen LogP contribution in [0.4, 0.5) is 0 Å². The van der Waals surface area contributed by atoms with Crippen molar-refractivity contribution in [2.24, 2.45) is 0 Å². The number of benzene rings is 1. The molecule has 0 aliphatic rings. The van der Waals surface area contributed by atoms with Gasteiger partial charge >= 0.3 is 0 Å². The highest BCUT2D eigenvalue weighted by Crippen LogP contribution is 2.28. The number of nitrogens with one attached hydrogen (secondary N) is 2. The molecule has 1 aromatic carbocycles. The molecule has 3 rings (SSSR count). The summed E-state index contributed by atoms with van der Waals surface area (Å²) in [5.74, 6) is 0. The SMILES string of the molecule is CC(C)(C)c1ccc(-c2c[nH]c(=O)c3[nH]cnc23)cc1. The highest BCUT2D eigenvalue weighted by atomic mass is 16.1. The number of aromatic nitrogens is 3. The van der Waals surface area contributed by atoms with Gasteiger partial charge in [-0.1, -0.05) is 45.0 Å². The monoisotopic (exact) mass is 267 g/mol. The van der Waals surface area contributed by atoms with Crippen molar-refractivity contribution in [1.29, 1.82) is 0 Å². The predicted octanol–water partition coefficient (Wildman–Crippen LogP) is 3.22. The molecule has 0 spiro atoms. The van der Waals surface area contributed by atoms with E-state index >= 15 is 0 Å². The van der Waals surface area contributed by atoms with Crippen molar-refractivity contribution in [3.63, 3.8) is 0 Å². The normalized spacial score (nSPS) is 11.9. The first kappa shape index (κ1) is 12.7. The lowest BCUT2D eigenvalue weighted by atomic mass is 9.86. The van der Waals surface area contributed by atoms with E-state index in [1.807, 2.05) is 0 Å². The summed E-state index contributed by atoms with van der Waals surface area (Å²) in [4.78, 5) is 21.6. The molecule has 0 fully saturated rings. The Morgan fingerprint density at radius 1 is 1.05 bits per heavy atom. The summed E-state index contributed by atoms with van der Waals surface area (Å²) in [5, 5.41) is 0. The highest BCUT2D eigenvalue weighted by Gasteiger charge is 2.14. The number of fused-ring (bicyclic) bond motifs is 1. The summed E-state index contributed by atoms with van der Waals surface area (Å²) in [6.45, 7) is 6.57. The van der Waals surface area contributed by atoms with E-state index in [0.717, 1.165) is 11.1 Å². The van der Waals surface area contributed by atoms with Crippen molar-refractivity contribution in [2.75, 3.05) is 0 Å². The highest BCUT2D eigenvalue weighted by molar-refractivity contribution is 5.90. The molecule has 0 bridgehead atoms. The number of imidazole rings is 1. The maximum Gasteiger partial charge on any atom is 0.273 e. The third-order valence-electron chi connectivity index (χ3n) is 3.53. The van der Waals surface area contributed by atoms with E-state index in [9.17, 15) is 4.79 Å². The van der Waals surface area contributed by atoms with Gasteiger partial charge in [0.25, 0.3) is 5.56 Å². The van der Waals surface area contributed by atoms with Gasteiger partial charge < -0.3 is 9.97 Å². The lowest BCUT2D eigenvalue weighted by molar-refractivity contribution is 0.590. The summed E-state index contributed by atoms with van der Waals surface area (Å²) in [6.07, 6.45) is 3.27. The van der Waals surface area contributed by atoms with E-state index in [1.165, 1.54) is 5.56 Å². The van der Waals surface area contributed by atoms with Gasteiger partial charge in [-0.2, -0.15) is 0 Å². The molecule has 4 heteroatoms. The average molecular weight is 267 g/mol. The molecular formula is C16H17N3O. The second-order valence-electron chi connectivity index (χ2n) is 5.98. The van der Waals surface area contributed by atoms with E-state index in [0.29, 0.717) is 11.0 Å². The lowest BCUT2D eigenvalue weighted by Crippen LogP contribution is -2.10. The number of aromatic amines is 2. The first-order chi connectivity index (χ1) is 9.47. The first-order valence-corrected chi connectivity index (χ1v) is 6.62. The second kappa shape index (κ2) is 4.34. The van der Waals surface area contributed by atoms with Crippen LogP contribution in [-0.2, 0) is 5.41 Å². The van der Waals surface area contributed by atoms with Gasteiger partial charge in [0.15, 0.2) is 0 Å². The fourth-order valence-electron chi connectivity index (χ4n) is 2.32. The molecule has 3 aromatic rings. The Balaban J connectivity index is 2.14. The van der Waals surface area contributed by atoms with Gasteiger partial charge in [-0.25, -0.2) is 4.98 Å². The molecule has 0 aliphatic carbocycles. The summed E-state index contributed by atoms with van der Waals surface area (Å²) >= 11 is 0. The Hall–Kier alpha value is -2.36. The van der Waals surface area contributed by atoms with Gasteiger partial charge in [0.05, 0.1) is 6.33 Å². The number of rotatable bonds is 1. The maximum atomic E-state index is 11.7. The van der Waals surface area contributed by atoms with Crippen molar-refractivity contribution in [1.82, 2.24) is 15.0 Å². The van der Waals surface area contributed by atoms with Gasteiger partial charge in [-0.15, -0.1) is 0 Å². The Morgan fingerprint density at radius 2 is 1.75 bits per heavy atom. The van der Waals surface area contributed by atoms with Gasteiger partial charge in [-0.05, 0) is 16.5 Å². The molecule has 20 heavy (non-hydrogen) atoms. The van der Waals surface area contributed by atoms with E-state index in [4.69, 9.17) is 0 Å². The van der Waals surface area contributed by atoms with E-state index in [2.05, 4.69) is 60.0 Å². The fourth-order valence-corrected chi connectivity index (χ4v) is 2.32. The zero-order valence-electron chi connectivity index (χ0n) is 11.8. The molecule has 0 amide bonds. The number of hydrogen-bond acceptors (Lipinski definition) is 2. The summed E-state index contributed by atoms with van der Waals surface area (Å²) in [6, 6.07) is 8.39. The van der Waals surface area contributed by atoms with Gasteiger partial charge in [-0.3, -0.25) is 4.79 Å². The zero-order chi connectivity index (χ0) is 14.3. The zero-order valence-corrected chi connectivity index (χ0v) is 11.8. The number of H-pyrrole nitrogens is 2. The minimum Gasteiger partial charge on any atom is -0.340 e. The quantitative estimate of drug-likeness (QED) is 0.711. The Morgan fingerprint density at radius 3 is 2.40 bits per heavy atom. The van der Waals surface area contributed by atoms with Crippen LogP contribution >= 0.6 is 0 Å². The van der Waals surface area contributed by atoms with Crippen molar-refractivity contribution < 1.29 is 0 Å². The molecule has 102 valence electrons. The molecule has 0 radical (unpaired) electrons. The van der Waals surface area contributed by atoms with Crippen LogP contribution in [0, 0.1) is 0 Å². The molecule has 2 N–H and O–H groups in total. The van der Waals surface area contributed by atoms with Gasteiger partial charge in [0.1, 0.15) is 11.0 Å². The number of nitrogens with zero attached hydrogens (tertiary/aromatic N) is 1. The number of hydrogen-bond donors (Lipinski definition) is 2. The number of pyridine rings is 1. The summed E-state index contributed by atoms with van der Waals surface area (Å²) in [5.41, 5.74) is 4.47. The van der Waals surface area contributed by atoms with Crippen molar-refractivity contribution in [3.8, 4) is 11.1 Å². The second-order valence-corrected chi connectivity index (χ2v) is 5.98. The average Bonchev–Trinajstić information content (AvgIpc) is 2.88. The minimum absolute atomic E-state index is 0.130. The molecule has 0 atom stereocenters. The lowest BCUT2D eigenvalue weighted by Gasteiger charge is -2.19. The van der Waals surface area contributed by atoms with Crippen LogP contribution in [0.15, 0.2) is 41.6 Å². The van der Waals surface area contributed by atoms with Crippen LogP contribution in [0.2, 0.25) is 0 Å². The maximum absolute atomic E-state index is 11.7. The van der Waals surface area contributed by atoms with Crippen LogP contribution in [0.25, 0.3) is 22.2 Å². The van der Waals surface area contributed by atoms with Crippen LogP contribution in [0.5, 0.6) is 0 Å². The molecule has 0 unspecified atom stereocenters. The Bertz CT molecular complexity index is 804. The molecular weight excluding hydrogens is 250 g/mol. The standard InChI is InChI=1S/C16H17N3O/c1-16(2,3)11-6-4-10(5-7-11)12-8-17-15(20)14-13(12)18-9-19-14/h4-9H,1-3H3,(H,17,20)(H,18,19). The fraction of sp³-hybridized carbons (Fsp3) is 0.250. The van der Waals surface area contributed by atoms with Crippen LogP contribution < -0.4 is 5.56 Å². The van der Waals surface area contributed by atoms with Crippen molar-refractivity contribution in [2.45, 2.75) is 26.2 Å². The van der Waals surface area contributed by atoms with Crippen molar-refractivity contribution >= 4 is 11.0 Å². The Labute approximate surface area is 116 Å². The van der Waals surface area contributed by atoms with Crippen LogP contribution in [0.1, 0.15) is 26.3 Å². The molecule has 0 aliphatic heterocycles. The minimum atomic E-state index is -0.146. The largest absolute Gasteiger partial charge is 0.340 e. The molecule has 2 heterocycles. The van der Waals surface area contributed by atoms with Gasteiger partial charge in [0, 0.05) is 11.8 Å². The van der Waals surface area contributed by atoms with Gasteiger partial charge in [0.2, 0.25) is 0 Å². The molecule has 0 saturated heterocycles. The summed E-state index contributed by atoms with van der Waals surface area (Å²) in [7, 11) is 0. The van der Waals surface area contributed by atoms with E-state index < -0.39 is 0 Å². The van der Waals surface area contributed by atoms with Crippen molar-refractivity contribution in [3.05, 3.63) is 52.7 Å². The predicted molar refractivity (Wildman–Crippen MR) is 80.9 cm³/mol.